The number of hydrogen-bond donors (Lipinski definition) is 2. The highest BCUT2D eigenvalue weighted by Gasteiger charge is 2.28. The second kappa shape index (κ2) is 9.83. The van der Waals surface area contributed by atoms with Gasteiger partial charge in [0.15, 0.2) is 0 Å². The number of amides is 1. The molecule has 168 valence electrons. The smallest absolute Gasteiger partial charge is 0.255 e. The Morgan fingerprint density at radius 3 is 2.61 bits per heavy atom. The van der Waals surface area contributed by atoms with Crippen LogP contribution in [0.1, 0.15) is 62.4 Å². The average molecular weight is 444 g/mol. The number of nitrogens with zero attached hydrogens (tertiary/aromatic N) is 1. The number of nitrogens with one attached hydrogen (secondary N) is 2. The van der Waals surface area contributed by atoms with Gasteiger partial charge in [0.1, 0.15) is 4.90 Å². The van der Waals surface area contributed by atoms with Gasteiger partial charge in [-0.15, -0.1) is 0 Å². The van der Waals surface area contributed by atoms with Crippen LogP contribution < -0.4 is 14.9 Å². The van der Waals surface area contributed by atoms with Gasteiger partial charge in [-0.05, 0) is 76.3 Å². The summed E-state index contributed by atoms with van der Waals surface area (Å²) >= 11 is 0. The third-order valence-electron chi connectivity index (χ3n) is 5.98. The molecule has 2 N–H and O–H groups in total. The number of piperidine rings is 1. The van der Waals surface area contributed by atoms with Crippen LogP contribution in [0.5, 0.6) is 0 Å². The molecule has 7 heteroatoms. The second-order valence-electron chi connectivity index (χ2n) is 8.42. The Morgan fingerprint density at radius 1 is 1.19 bits per heavy atom. The summed E-state index contributed by atoms with van der Waals surface area (Å²) in [4.78, 5) is 15.2. The first-order valence-corrected chi connectivity index (χ1v) is 12.5. The molecule has 0 spiro atoms. The zero-order chi connectivity index (χ0) is 22.6. The first-order chi connectivity index (χ1) is 14.7. The Morgan fingerprint density at radius 2 is 1.94 bits per heavy atom. The van der Waals surface area contributed by atoms with E-state index in [0.29, 0.717) is 23.4 Å². The summed E-state index contributed by atoms with van der Waals surface area (Å²) in [7, 11) is -3.75. The zero-order valence-electron chi connectivity index (χ0n) is 18.8. The van der Waals surface area contributed by atoms with Crippen molar-refractivity contribution in [3.63, 3.8) is 0 Å². The number of anilines is 2. The van der Waals surface area contributed by atoms with Crippen molar-refractivity contribution in [2.24, 2.45) is 0 Å². The van der Waals surface area contributed by atoms with Gasteiger partial charge in [0.05, 0.1) is 5.69 Å². The van der Waals surface area contributed by atoms with E-state index in [4.69, 9.17) is 0 Å². The van der Waals surface area contributed by atoms with Crippen LogP contribution in [-0.4, -0.2) is 33.0 Å². The van der Waals surface area contributed by atoms with Gasteiger partial charge in [0, 0.05) is 29.9 Å². The van der Waals surface area contributed by atoms with Crippen LogP contribution in [0.3, 0.4) is 0 Å². The maximum Gasteiger partial charge on any atom is 0.255 e. The Kier molecular flexibility index (Phi) is 7.38. The lowest BCUT2D eigenvalue weighted by molar-refractivity contribution is 0.102. The van der Waals surface area contributed by atoms with Crippen LogP contribution in [-0.2, 0) is 10.0 Å². The minimum absolute atomic E-state index is 0.179. The van der Waals surface area contributed by atoms with Crippen molar-refractivity contribution in [2.75, 3.05) is 16.8 Å². The van der Waals surface area contributed by atoms with Crippen LogP contribution in [0.2, 0.25) is 0 Å². The molecular formula is C24H33N3O3S. The molecule has 1 amide bonds. The molecule has 6 nitrogen and oxygen atoms in total. The van der Waals surface area contributed by atoms with E-state index in [9.17, 15) is 13.2 Å². The first kappa shape index (κ1) is 23.3. The van der Waals surface area contributed by atoms with Gasteiger partial charge < -0.3 is 10.2 Å². The molecule has 0 aromatic heterocycles. The monoisotopic (exact) mass is 443 g/mol. The fourth-order valence-electron chi connectivity index (χ4n) is 3.94. The summed E-state index contributed by atoms with van der Waals surface area (Å²) in [6.45, 7) is 8.62. The minimum Gasteiger partial charge on any atom is -0.368 e. The lowest BCUT2D eigenvalue weighted by atomic mass is 10.0. The predicted molar refractivity (Wildman–Crippen MR) is 126 cm³/mol. The van der Waals surface area contributed by atoms with E-state index in [2.05, 4.69) is 21.9 Å². The SMILES string of the molecule is CC[C@@H](C)NS(=O)(=O)c1cc(NC(=O)c2ccccc2C)ccc1N1CCCC[C@@H]1C. The summed E-state index contributed by atoms with van der Waals surface area (Å²) in [5, 5.41) is 2.87. The molecule has 1 aliphatic rings. The molecule has 1 heterocycles. The Labute approximate surface area is 186 Å². The van der Waals surface area contributed by atoms with Gasteiger partial charge >= 0.3 is 0 Å². The number of rotatable bonds is 7. The van der Waals surface area contributed by atoms with Gasteiger partial charge in [-0.2, -0.15) is 0 Å². The zero-order valence-corrected chi connectivity index (χ0v) is 19.6. The van der Waals surface area contributed by atoms with E-state index in [1.165, 1.54) is 0 Å². The van der Waals surface area contributed by atoms with Crippen molar-refractivity contribution in [3.05, 3.63) is 53.6 Å². The highest BCUT2D eigenvalue weighted by atomic mass is 32.2. The summed E-state index contributed by atoms with van der Waals surface area (Å²) in [6, 6.07) is 12.6. The third kappa shape index (κ3) is 5.46. The first-order valence-electron chi connectivity index (χ1n) is 11.0. The molecule has 1 fully saturated rings. The fourth-order valence-corrected chi connectivity index (χ4v) is 5.50. The molecule has 3 rings (SSSR count). The van der Waals surface area contributed by atoms with E-state index in [1.807, 2.05) is 45.0 Å². The van der Waals surface area contributed by atoms with Crippen molar-refractivity contribution in [1.29, 1.82) is 0 Å². The molecule has 2 aromatic carbocycles. The molecule has 0 bridgehead atoms. The molecule has 1 aliphatic heterocycles. The van der Waals surface area contributed by atoms with Crippen LogP contribution in [0.25, 0.3) is 0 Å². The standard InChI is InChI=1S/C24H33N3O3S/c1-5-18(3)26-31(29,30)23-16-20(25-24(28)21-12-7-6-10-17(21)2)13-14-22(23)27-15-9-8-11-19(27)4/h6-7,10,12-14,16,18-19,26H,5,8-9,11,15H2,1-4H3,(H,25,28)/t18-,19+/m1/s1. The number of hydrogen-bond acceptors (Lipinski definition) is 4. The highest BCUT2D eigenvalue weighted by molar-refractivity contribution is 7.89. The van der Waals surface area contributed by atoms with Gasteiger partial charge in [0.25, 0.3) is 5.91 Å². The van der Waals surface area contributed by atoms with E-state index < -0.39 is 10.0 Å². The maximum atomic E-state index is 13.3. The molecule has 2 atom stereocenters. The molecular weight excluding hydrogens is 410 g/mol. The molecule has 0 aliphatic carbocycles. The molecule has 2 aromatic rings. The lowest BCUT2D eigenvalue weighted by Crippen LogP contribution is -2.39. The normalized spacial score (nSPS) is 17.9. The van der Waals surface area contributed by atoms with Crippen LogP contribution in [0.4, 0.5) is 11.4 Å². The summed E-state index contributed by atoms with van der Waals surface area (Å²) < 4.78 is 29.3. The third-order valence-corrected chi connectivity index (χ3v) is 7.60. The van der Waals surface area contributed by atoms with Crippen LogP contribution in [0.15, 0.2) is 47.4 Å². The van der Waals surface area contributed by atoms with E-state index >= 15 is 0 Å². The van der Waals surface area contributed by atoms with Crippen LogP contribution >= 0.6 is 0 Å². The summed E-state index contributed by atoms with van der Waals surface area (Å²) in [5.74, 6) is -0.254. The van der Waals surface area contributed by atoms with E-state index in [0.717, 1.165) is 31.4 Å². The molecule has 0 radical (unpaired) electrons. The second-order valence-corrected chi connectivity index (χ2v) is 10.1. The van der Waals surface area contributed by atoms with E-state index in [1.54, 1.807) is 18.2 Å². The maximum absolute atomic E-state index is 13.3. The number of benzene rings is 2. The van der Waals surface area contributed by atoms with Gasteiger partial charge in [-0.1, -0.05) is 25.1 Å². The van der Waals surface area contributed by atoms with Crippen molar-refractivity contribution in [2.45, 2.75) is 70.4 Å². The number of sulfonamides is 1. The van der Waals surface area contributed by atoms with Crippen molar-refractivity contribution < 1.29 is 13.2 Å². The summed E-state index contributed by atoms with van der Waals surface area (Å²) in [6.07, 6.45) is 3.91. The van der Waals surface area contributed by atoms with Crippen LogP contribution in [0, 0.1) is 6.92 Å². The van der Waals surface area contributed by atoms with Crippen molar-refractivity contribution in [1.82, 2.24) is 4.72 Å². The largest absolute Gasteiger partial charge is 0.368 e. The van der Waals surface area contributed by atoms with Crippen molar-refractivity contribution in [3.8, 4) is 0 Å². The van der Waals surface area contributed by atoms with Gasteiger partial charge in [-0.3, -0.25) is 4.79 Å². The topological polar surface area (TPSA) is 78.5 Å². The Balaban J connectivity index is 1.99. The van der Waals surface area contributed by atoms with Crippen molar-refractivity contribution >= 4 is 27.3 Å². The summed E-state index contributed by atoms with van der Waals surface area (Å²) in [5.41, 5.74) is 2.59. The Hall–Kier alpha value is -2.38. The average Bonchev–Trinajstić information content (AvgIpc) is 2.74. The molecule has 0 saturated carbocycles. The predicted octanol–water partition coefficient (Wildman–Crippen LogP) is 4.70. The number of carbonyl (C=O) groups excluding carboxylic acids is 1. The fraction of sp³-hybridized carbons (Fsp3) is 0.458. The number of aryl methyl sites for hydroxylation is 1. The highest BCUT2D eigenvalue weighted by Crippen LogP contribution is 2.33. The van der Waals surface area contributed by atoms with Gasteiger partial charge in [-0.25, -0.2) is 13.1 Å². The molecule has 1 saturated heterocycles. The van der Waals surface area contributed by atoms with E-state index in [-0.39, 0.29) is 22.9 Å². The van der Waals surface area contributed by atoms with Gasteiger partial charge in [0.2, 0.25) is 10.0 Å². The quantitative estimate of drug-likeness (QED) is 0.650. The lowest BCUT2D eigenvalue weighted by Gasteiger charge is -2.36. The number of carbonyl (C=O) groups is 1. The molecule has 31 heavy (non-hydrogen) atoms. The molecule has 0 unspecified atom stereocenters. The minimum atomic E-state index is -3.75. The Bertz CT molecular complexity index is 1040.